The van der Waals surface area contributed by atoms with Crippen LogP contribution in [-0.2, 0) is 17.6 Å². The lowest BCUT2D eigenvalue weighted by Crippen LogP contribution is -2.42. The van der Waals surface area contributed by atoms with Crippen molar-refractivity contribution in [2.24, 2.45) is 5.10 Å². The Hall–Kier alpha value is -2.82. The molecular formula is C21H22N2O3. The lowest BCUT2D eigenvalue weighted by Gasteiger charge is -2.24. The fraction of sp³-hybridized carbons (Fsp3) is 0.333. The van der Waals surface area contributed by atoms with E-state index in [4.69, 9.17) is 9.47 Å². The predicted molar refractivity (Wildman–Crippen MR) is 99.8 cm³/mol. The van der Waals surface area contributed by atoms with Crippen LogP contribution < -0.4 is 14.9 Å². The molecule has 1 aliphatic heterocycles. The minimum absolute atomic E-state index is 0.177. The van der Waals surface area contributed by atoms with Crippen molar-refractivity contribution in [2.45, 2.75) is 38.7 Å². The van der Waals surface area contributed by atoms with E-state index in [9.17, 15) is 4.79 Å². The van der Waals surface area contributed by atoms with Crippen LogP contribution in [0.5, 0.6) is 11.5 Å². The van der Waals surface area contributed by atoms with Gasteiger partial charge in [0.1, 0.15) is 6.61 Å². The van der Waals surface area contributed by atoms with Gasteiger partial charge in [-0.3, -0.25) is 4.79 Å². The standard InChI is InChI=1S/C21H22N2O3/c1-14(16-11-10-15-6-2-3-7-17(15)12-16)22-23-21(24)20-13-25-18-8-4-5-9-19(18)26-20/h4-5,8-12,20H,2-3,6-7,13H2,1H3,(H,23,24). The first kappa shape index (κ1) is 16.6. The molecule has 1 unspecified atom stereocenters. The number of ether oxygens (including phenoxy) is 2. The number of hydrazone groups is 1. The number of nitrogens with one attached hydrogen (secondary N) is 1. The molecule has 134 valence electrons. The van der Waals surface area contributed by atoms with Crippen LogP contribution in [0.15, 0.2) is 47.6 Å². The van der Waals surface area contributed by atoms with Crippen molar-refractivity contribution in [1.82, 2.24) is 5.43 Å². The molecule has 0 bridgehead atoms. The van der Waals surface area contributed by atoms with Crippen molar-refractivity contribution >= 4 is 11.6 Å². The van der Waals surface area contributed by atoms with Crippen LogP contribution in [0.3, 0.4) is 0 Å². The molecule has 0 spiro atoms. The number of carbonyl (C=O) groups is 1. The highest BCUT2D eigenvalue weighted by Crippen LogP contribution is 2.30. The van der Waals surface area contributed by atoms with Gasteiger partial charge in [-0.1, -0.05) is 24.3 Å². The van der Waals surface area contributed by atoms with Gasteiger partial charge in [-0.25, -0.2) is 5.43 Å². The monoisotopic (exact) mass is 350 g/mol. The van der Waals surface area contributed by atoms with Gasteiger partial charge in [-0.05, 0) is 67.5 Å². The molecule has 0 aromatic heterocycles. The zero-order chi connectivity index (χ0) is 17.9. The van der Waals surface area contributed by atoms with E-state index in [1.54, 1.807) is 6.07 Å². The first-order chi connectivity index (χ1) is 12.7. The van der Waals surface area contributed by atoms with Crippen LogP contribution in [-0.4, -0.2) is 24.3 Å². The Bertz CT molecular complexity index is 860. The Kier molecular flexibility index (Phi) is 4.61. The second kappa shape index (κ2) is 7.20. The minimum atomic E-state index is -0.704. The number of hydrogen-bond acceptors (Lipinski definition) is 4. The first-order valence-corrected chi connectivity index (χ1v) is 9.05. The van der Waals surface area contributed by atoms with Gasteiger partial charge < -0.3 is 9.47 Å². The third-order valence-corrected chi connectivity index (χ3v) is 4.90. The highest BCUT2D eigenvalue weighted by molar-refractivity contribution is 5.99. The van der Waals surface area contributed by atoms with E-state index in [2.05, 4.69) is 28.7 Å². The number of rotatable bonds is 3. The van der Waals surface area contributed by atoms with E-state index in [0.717, 1.165) is 24.1 Å². The number of amides is 1. The van der Waals surface area contributed by atoms with Gasteiger partial charge in [0.05, 0.1) is 5.71 Å². The zero-order valence-electron chi connectivity index (χ0n) is 14.8. The van der Waals surface area contributed by atoms with E-state index in [0.29, 0.717) is 11.5 Å². The highest BCUT2D eigenvalue weighted by atomic mass is 16.6. The third-order valence-electron chi connectivity index (χ3n) is 4.90. The SMILES string of the molecule is CC(=NNC(=O)C1COc2ccccc2O1)c1ccc2c(c1)CCCC2. The minimum Gasteiger partial charge on any atom is -0.485 e. The van der Waals surface area contributed by atoms with Gasteiger partial charge >= 0.3 is 0 Å². The maximum absolute atomic E-state index is 12.4. The second-order valence-electron chi connectivity index (χ2n) is 6.73. The second-order valence-corrected chi connectivity index (χ2v) is 6.73. The van der Waals surface area contributed by atoms with Gasteiger partial charge in [0, 0.05) is 0 Å². The van der Waals surface area contributed by atoms with Crippen LogP contribution in [0.2, 0.25) is 0 Å². The molecule has 1 atom stereocenters. The van der Waals surface area contributed by atoms with Crippen molar-refractivity contribution in [3.05, 3.63) is 59.2 Å². The van der Waals surface area contributed by atoms with Gasteiger partial charge in [0.25, 0.3) is 5.91 Å². The fourth-order valence-corrected chi connectivity index (χ4v) is 3.38. The Balaban J connectivity index is 1.42. The number of benzene rings is 2. The molecule has 0 radical (unpaired) electrons. The van der Waals surface area contributed by atoms with Crippen LogP contribution in [0, 0.1) is 0 Å². The Morgan fingerprint density at radius 2 is 1.85 bits per heavy atom. The topological polar surface area (TPSA) is 59.9 Å². The average molecular weight is 350 g/mol. The lowest BCUT2D eigenvalue weighted by atomic mass is 9.90. The van der Waals surface area contributed by atoms with Crippen molar-refractivity contribution in [3.8, 4) is 11.5 Å². The van der Waals surface area contributed by atoms with Crippen molar-refractivity contribution in [1.29, 1.82) is 0 Å². The number of para-hydroxylation sites is 2. The normalized spacial score (nSPS) is 18.8. The molecule has 0 saturated heterocycles. The van der Waals surface area contributed by atoms with Crippen LogP contribution in [0.4, 0.5) is 0 Å². The summed E-state index contributed by atoms with van der Waals surface area (Å²) < 4.78 is 11.3. The van der Waals surface area contributed by atoms with Crippen molar-refractivity contribution in [2.75, 3.05) is 6.61 Å². The Morgan fingerprint density at radius 1 is 1.08 bits per heavy atom. The molecule has 5 heteroatoms. The summed E-state index contributed by atoms with van der Waals surface area (Å²) in [5.41, 5.74) is 7.26. The molecule has 5 nitrogen and oxygen atoms in total. The summed E-state index contributed by atoms with van der Waals surface area (Å²) in [7, 11) is 0. The molecule has 0 fully saturated rings. The summed E-state index contributed by atoms with van der Waals surface area (Å²) in [5, 5.41) is 4.26. The molecule has 4 rings (SSSR count). The molecule has 1 amide bonds. The first-order valence-electron chi connectivity index (χ1n) is 9.05. The smallest absolute Gasteiger partial charge is 0.284 e. The van der Waals surface area contributed by atoms with Crippen molar-refractivity contribution < 1.29 is 14.3 Å². The number of fused-ring (bicyclic) bond motifs is 2. The molecule has 1 heterocycles. The summed E-state index contributed by atoms with van der Waals surface area (Å²) in [6.07, 6.45) is 4.08. The predicted octanol–water partition coefficient (Wildman–Crippen LogP) is 3.25. The molecule has 2 aromatic rings. The summed E-state index contributed by atoms with van der Waals surface area (Å²) in [5.74, 6) is 0.927. The summed E-state index contributed by atoms with van der Waals surface area (Å²) >= 11 is 0. The van der Waals surface area contributed by atoms with E-state index in [-0.39, 0.29) is 12.5 Å². The molecule has 1 N–H and O–H groups in total. The number of nitrogens with zero attached hydrogens (tertiary/aromatic N) is 1. The Labute approximate surface area is 153 Å². The highest BCUT2D eigenvalue weighted by Gasteiger charge is 2.27. The number of carbonyl (C=O) groups excluding carboxylic acids is 1. The van der Waals surface area contributed by atoms with Gasteiger partial charge in [-0.2, -0.15) is 5.10 Å². The molecule has 1 aliphatic carbocycles. The van der Waals surface area contributed by atoms with Gasteiger partial charge in [0.2, 0.25) is 6.10 Å². The molecule has 2 aliphatic rings. The maximum atomic E-state index is 12.4. The third kappa shape index (κ3) is 3.43. The van der Waals surface area contributed by atoms with E-state index in [1.807, 2.05) is 25.1 Å². The molecule has 2 aromatic carbocycles. The van der Waals surface area contributed by atoms with Crippen LogP contribution in [0.1, 0.15) is 36.5 Å². The molecular weight excluding hydrogens is 328 g/mol. The average Bonchev–Trinajstić information content (AvgIpc) is 2.71. The van der Waals surface area contributed by atoms with E-state index in [1.165, 1.54) is 24.0 Å². The van der Waals surface area contributed by atoms with Crippen LogP contribution in [0.25, 0.3) is 0 Å². The number of hydrogen-bond donors (Lipinski definition) is 1. The largest absolute Gasteiger partial charge is 0.485 e. The van der Waals surface area contributed by atoms with Gasteiger partial charge in [0.15, 0.2) is 11.5 Å². The van der Waals surface area contributed by atoms with Crippen LogP contribution >= 0.6 is 0 Å². The zero-order valence-corrected chi connectivity index (χ0v) is 14.8. The van der Waals surface area contributed by atoms with Crippen molar-refractivity contribution in [3.63, 3.8) is 0 Å². The summed E-state index contributed by atoms with van der Waals surface area (Å²) in [6, 6.07) is 13.8. The summed E-state index contributed by atoms with van der Waals surface area (Å²) in [6.45, 7) is 2.08. The van der Waals surface area contributed by atoms with Gasteiger partial charge in [-0.15, -0.1) is 0 Å². The number of aryl methyl sites for hydroxylation is 2. The maximum Gasteiger partial charge on any atom is 0.284 e. The molecule has 26 heavy (non-hydrogen) atoms. The summed E-state index contributed by atoms with van der Waals surface area (Å²) in [4.78, 5) is 12.4. The fourth-order valence-electron chi connectivity index (χ4n) is 3.38. The molecule has 0 saturated carbocycles. The van der Waals surface area contributed by atoms with E-state index >= 15 is 0 Å². The Morgan fingerprint density at radius 3 is 2.69 bits per heavy atom. The quantitative estimate of drug-likeness (QED) is 0.683. The lowest BCUT2D eigenvalue weighted by molar-refractivity contribution is -0.130. The van der Waals surface area contributed by atoms with E-state index < -0.39 is 6.10 Å².